The second-order valence-electron chi connectivity index (χ2n) is 4.49. The summed E-state index contributed by atoms with van der Waals surface area (Å²) in [7, 11) is 0. The van der Waals surface area contributed by atoms with E-state index in [9.17, 15) is 4.79 Å². The molecule has 0 fully saturated rings. The van der Waals surface area contributed by atoms with Gasteiger partial charge < -0.3 is 11.1 Å². The Labute approximate surface area is 86.4 Å². The van der Waals surface area contributed by atoms with Gasteiger partial charge in [0.2, 0.25) is 5.91 Å². The highest BCUT2D eigenvalue weighted by Crippen LogP contribution is 2.05. The number of terminal acetylenes is 1. The summed E-state index contributed by atoms with van der Waals surface area (Å²) >= 11 is 0. The molecule has 3 nitrogen and oxygen atoms in total. The van der Waals surface area contributed by atoms with Gasteiger partial charge in [-0.25, -0.2) is 0 Å². The number of hydrogen-bond donors (Lipinski definition) is 2. The van der Waals surface area contributed by atoms with Crippen molar-refractivity contribution in [1.82, 2.24) is 5.32 Å². The maximum Gasteiger partial charge on any atom is 0.238 e. The molecule has 0 rings (SSSR count). The standard InChI is InChI=1S/C11H20N2O/c1-6-11(4,5)13-10(14)9(12)7-8(2)3/h1,8-9H,7,12H2,2-5H3,(H,13,14)/t9-/m0/s1. The van der Waals surface area contributed by atoms with Crippen molar-refractivity contribution in [2.24, 2.45) is 11.7 Å². The van der Waals surface area contributed by atoms with Crippen LogP contribution in [0, 0.1) is 18.3 Å². The van der Waals surface area contributed by atoms with E-state index >= 15 is 0 Å². The van der Waals surface area contributed by atoms with Crippen LogP contribution in [0.4, 0.5) is 0 Å². The van der Waals surface area contributed by atoms with Crippen molar-refractivity contribution in [1.29, 1.82) is 0 Å². The number of carbonyl (C=O) groups is 1. The van der Waals surface area contributed by atoms with Crippen LogP contribution in [0.5, 0.6) is 0 Å². The zero-order chi connectivity index (χ0) is 11.4. The molecule has 0 aliphatic carbocycles. The van der Waals surface area contributed by atoms with E-state index in [-0.39, 0.29) is 5.91 Å². The Bertz CT molecular complexity index is 238. The van der Waals surface area contributed by atoms with Gasteiger partial charge in [-0.05, 0) is 26.2 Å². The Hall–Kier alpha value is -1.01. The molecule has 80 valence electrons. The average molecular weight is 196 g/mol. The Kier molecular flexibility index (Phi) is 4.65. The molecule has 0 aromatic carbocycles. The number of carbonyl (C=O) groups excluding carboxylic acids is 1. The summed E-state index contributed by atoms with van der Waals surface area (Å²) in [5, 5.41) is 2.71. The predicted octanol–water partition coefficient (Wildman–Crippen LogP) is 0.888. The van der Waals surface area contributed by atoms with Gasteiger partial charge in [-0.15, -0.1) is 6.42 Å². The third kappa shape index (κ3) is 4.88. The fraction of sp³-hybridized carbons (Fsp3) is 0.727. The predicted molar refractivity (Wildman–Crippen MR) is 58.5 cm³/mol. The van der Waals surface area contributed by atoms with E-state index in [4.69, 9.17) is 12.2 Å². The molecule has 0 saturated carbocycles. The Morgan fingerprint density at radius 1 is 1.57 bits per heavy atom. The molecular weight excluding hydrogens is 176 g/mol. The average Bonchev–Trinajstić information content (AvgIpc) is 2.02. The van der Waals surface area contributed by atoms with Crippen molar-refractivity contribution in [3.8, 4) is 12.3 Å². The highest BCUT2D eigenvalue weighted by molar-refractivity contribution is 5.82. The summed E-state index contributed by atoms with van der Waals surface area (Å²) < 4.78 is 0. The van der Waals surface area contributed by atoms with Gasteiger partial charge in [-0.1, -0.05) is 19.8 Å². The maximum atomic E-state index is 11.5. The number of nitrogens with two attached hydrogens (primary N) is 1. The minimum Gasteiger partial charge on any atom is -0.339 e. The van der Waals surface area contributed by atoms with Gasteiger partial charge in [0.15, 0.2) is 0 Å². The zero-order valence-corrected chi connectivity index (χ0v) is 9.42. The lowest BCUT2D eigenvalue weighted by Gasteiger charge is -2.22. The van der Waals surface area contributed by atoms with E-state index in [1.165, 1.54) is 0 Å². The van der Waals surface area contributed by atoms with Crippen molar-refractivity contribution in [2.75, 3.05) is 0 Å². The topological polar surface area (TPSA) is 55.1 Å². The van der Waals surface area contributed by atoms with Crippen molar-refractivity contribution in [3.63, 3.8) is 0 Å². The van der Waals surface area contributed by atoms with Gasteiger partial charge in [-0.3, -0.25) is 4.79 Å². The molecule has 0 spiro atoms. The summed E-state index contributed by atoms with van der Waals surface area (Å²) in [5.41, 5.74) is 5.08. The van der Waals surface area contributed by atoms with Gasteiger partial charge in [0.25, 0.3) is 0 Å². The molecule has 1 atom stereocenters. The molecule has 0 heterocycles. The Balaban J connectivity index is 4.16. The van der Waals surface area contributed by atoms with Gasteiger partial charge in [0.05, 0.1) is 11.6 Å². The molecule has 0 aliphatic rings. The first-order chi connectivity index (χ1) is 6.28. The number of hydrogen-bond acceptors (Lipinski definition) is 2. The van der Waals surface area contributed by atoms with Crippen LogP contribution in [-0.4, -0.2) is 17.5 Å². The van der Waals surface area contributed by atoms with Crippen molar-refractivity contribution in [2.45, 2.75) is 45.7 Å². The first kappa shape index (κ1) is 13.0. The third-order valence-corrected chi connectivity index (χ3v) is 1.86. The minimum absolute atomic E-state index is 0.179. The van der Waals surface area contributed by atoms with E-state index in [1.54, 1.807) is 13.8 Å². The van der Waals surface area contributed by atoms with E-state index in [1.807, 2.05) is 13.8 Å². The lowest BCUT2D eigenvalue weighted by atomic mass is 10.0. The largest absolute Gasteiger partial charge is 0.339 e. The molecule has 0 radical (unpaired) electrons. The second-order valence-corrected chi connectivity index (χ2v) is 4.49. The van der Waals surface area contributed by atoms with Crippen LogP contribution < -0.4 is 11.1 Å². The molecule has 14 heavy (non-hydrogen) atoms. The lowest BCUT2D eigenvalue weighted by Crippen LogP contribution is -2.50. The Morgan fingerprint density at radius 2 is 2.07 bits per heavy atom. The first-order valence-electron chi connectivity index (χ1n) is 4.84. The first-order valence-corrected chi connectivity index (χ1v) is 4.84. The van der Waals surface area contributed by atoms with Crippen LogP contribution in [-0.2, 0) is 4.79 Å². The van der Waals surface area contributed by atoms with Crippen LogP contribution in [0.1, 0.15) is 34.1 Å². The van der Waals surface area contributed by atoms with E-state index < -0.39 is 11.6 Å². The lowest BCUT2D eigenvalue weighted by molar-refractivity contribution is -0.123. The molecular formula is C11H20N2O. The fourth-order valence-electron chi connectivity index (χ4n) is 1.05. The van der Waals surface area contributed by atoms with Crippen LogP contribution in [0.2, 0.25) is 0 Å². The van der Waals surface area contributed by atoms with Gasteiger partial charge in [-0.2, -0.15) is 0 Å². The molecule has 0 aromatic heterocycles. The fourth-order valence-corrected chi connectivity index (χ4v) is 1.05. The summed E-state index contributed by atoms with van der Waals surface area (Å²) in [6.45, 7) is 7.60. The normalized spacial score (nSPS) is 13.5. The molecule has 3 N–H and O–H groups in total. The summed E-state index contributed by atoms with van der Waals surface area (Å²) in [4.78, 5) is 11.5. The zero-order valence-electron chi connectivity index (χ0n) is 9.42. The minimum atomic E-state index is -0.619. The smallest absolute Gasteiger partial charge is 0.238 e. The van der Waals surface area contributed by atoms with Gasteiger partial charge in [0.1, 0.15) is 0 Å². The monoisotopic (exact) mass is 196 g/mol. The van der Waals surface area contributed by atoms with Crippen LogP contribution in [0.25, 0.3) is 0 Å². The van der Waals surface area contributed by atoms with Crippen molar-refractivity contribution < 1.29 is 4.79 Å². The van der Waals surface area contributed by atoms with E-state index in [2.05, 4.69) is 11.2 Å². The van der Waals surface area contributed by atoms with Gasteiger partial charge >= 0.3 is 0 Å². The maximum absolute atomic E-state index is 11.5. The molecule has 0 saturated heterocycles. The highest BCUT2D eigenvalue weighted by Gasteiger charge is 2.21. The molecule has 3 heteroatoms. The van der Waals surface area contributed by atoms with Crippen molar-refractivity contribution in [3.05, 3.63) is 0 Å². The molecule has 0 aliphatic heterocycles. The number of amides is 1. The van der Waals surface area contributed by atoms with Crippen LogP contribution in [0.15, 0.2) is 0 Å². The second kappa shape index (κ2) is 5.02. The van der Waals surface area contributed by atoms with Crippen molar-refractivity contribution >= 4 is 5.91 Å². The summed E-state index contributed by atoms with van der Waals surface area (Å²) in [6.07, 6.45) is 5.92. The summed E-state index contributed by atoms with van der Waals surface area (Å²) in [5.74, 6) is 2.72. The Morgan fingerprint density at radius 3 is 2.43 bits per heavy atom. The molecule has 1 amide bonds. The highest BCUT2D eigenvalue weighted by atomic mass is 16.2. The van der Waals surface area contributed by atoms with Crippen LogP contribution in [0.3, 0.4) is 0 Å². The summed E-state index contributed by atoms with van der Waals surface area (Å²) in [6, 6.07) is -0.470. The van der Waals surface area contributed by atoms with Crippen LogP contribution >= 0.6 is 0 Å². The number of nitrogens with one attached hydrogen (secondary N) is 1. The number of rotatable bonds is 4. The van der Waals surface area contributed by atoms with Gasteiger partial charge in [0, 0.05) is 0 Å². The van der Waals surface area contributed by atoms with E-state index in [0.717, 1.165) is 0 Å². The molecule has 0 unspecified atom stereocenters. The molecule has 0 aromatic rings. The van der Waals surface area contributed by atoms with E-state index in [0.29, 0.717) is 12.3 Å². The molecule has 0 bridgehead atoms. The quantitative estimate of drug-likeness (QED) is 0.656. The third-order valence-electron chi connectivity index (χ3n) is 1.86. The SMILES string of the molecule is C#CC(C)(C)NC(=O)[C@@H](N)CC(C)C.